The molecule has 0 radical (unpaired) electrons. The Labute approximate surface area is 183 Å². The van der Waals surface area contributed by atoms with Crippen molar-refractivity contribution in [1.82, 2.24) is 15.1 Å². The van der Waals surface area contributed by atoms with Gasteiger partial charge in [0.05, 0.1) is 17.9 Å². The van der Waals surface area contributed by atoms with Crippen LogP contribution in [0.15, 0.2) is 36.5 Å². The Morgan fingerprint density at radius 2 is 2.07 bits per heavy atom. The van der Waals surface area contributed by atoms with E-state index in [0.29, 0.717) is 23.9 Å². The van der Waals surface area contributed by atoms with Crippen molar-refractivity contribution >= 4 is 29.2 Å². The van der Waals surface area contributed by atoms with Gasteiger partial charge in [0.2, 0.25) is 0 Å². The smallest absolute Gasteiger partial charge is 0.410 e. The first-order valence-electron chi connectivity index (χ1n) is 10.2. The third kappa shape index (κ3) is 5.75. The highest BCUT2D eigenvalue weighted by Gasteiger charge is 2.32. The Hall–Kier alpha value is -2.54. The number of carbonyl (C=O) groups excluding carboxylic acids is 1. The van der Waals surface area contributed by atoms with Crippen LogP contribution >= 0.6 is 11.6 Å². The molecular weight excluding hydrogens is 402 g/mol. The topological polar surface area (TPSA) is 70.6 Å². The van der Waals surface area contributed by atoms with Gasteiger partial charge in [-0.05, 0) is 39.2 Å². The highest BCUT2D eigenvalue weighted by atomic mass is 35.5. The van der Waals surface area contributed by atoms with Gasteiger partial charge < -0.3 is 19.9 Å². The number of halogens is 1. The van der Waals surface area contributed by atoms with Gasteiger partial charge in [-0.3, -0.25) is 0 Å². The number of nitrogens with zero attached hydrogens (tertiary/aromatic N) is 4. The Bertz CT molecular complexity index is 856. The van der Waals surface area contributed by atoms with Crippen molar-refractivity contribution in [2.75, 3.05) is 36.9 Å². The van der Waals surface area contributed by atoms with E-state index in [1.165, 1.54) is 5.56 Å². The van der Waals surface area contributed by atoms with E-state index in [1.54, 1.807) is 18.1 Å². The third-order valence-corrected chi connectivity index (χ3v) is 5.43. The summed E-state index contributed by atoms with van der Waals surface area (Å²) in [5, 5.41) is 12.1. The van der Waals surface area contributed by atoms with E-state index < -0.39 is 5.60 Å². The molecule has 0 bridgehead atoms. The van der Waals surface area contributed by atoms with E-state index in [0.717, 1.165) is 25.1 Å². The maximum atomic E-state index is 12.4. The molecule has 8 heteroatoms. The van der Waals surface area contributed by atoms with Gasteiger partial charge in [0.1, 0.15) is 10.6 Å². The van der Waals surface area contributed by atoms with E-state index in [2.05, 4.69) is 32.5 Å². The second-order valence-electron chi connectivity index (χ2n) is 8.53. The lowest BCUT2D eigenvalue weighted by atomic mass is 10.1. The zero-order valence-electron chi connectivity index (χ0n) is 18.1. The van der Waals surface area contributed by atoms with Crippen molar-refractivity contribution in [3.63, 3.8) is 0 Å². The van der Waals surface area contributed by atoms with Crippen molar-refractivity contribution in [2.24, 2.45) is 0 Å². The summed E-state index contributed by atoms with van der Waals surface area (Å²) in [5.74, 6) is 0.578. The third-order valence-electron chi connectivity index (χ3n) is 5.05. The van der Waals surface area contributed by atoms with Gasteiger partial charge in [-0.1, -0.05) is 41.9 Å². The predicted octanol–water partition coefficient (Wildman–Crippen LogP) is 4.23. The van der Waals surface area contributed by atoms with Crippen molar-refractivity contribution in [2.45, 2.75) is 45.3 Å². The second kappa shape index (κ2) is 9.51. The Kier molecular flexibility index (Phi) is 7.02. The monoisotopic (exact) mass is 431 g/mol. The average molecular weight is 432 g/mol. The molecule has 1 aromatic heterocycles. The molecule has 1 aliphatic heterocycles. The molecular formula is C22H30ClN5O2. The maximum absolute atomic E-state index is 12.4. The number of rotatable bonds is 6. The molecule has 1 fully saturated rings. The van der Waals surface area contributed by atoms with Crippen LogP contribution < -0.4 is 10.2 Å². The molecule has 1 amide bonds. The summed E-state index contributed by atoms with van der Waals surface area (Å²) in [5.41, 5.74) is 1.56. The number of hydrogen-bond donors (Lipinski definition) is 1. The molecule has 0 saturated carbocycles. The van der Waals surface area contributed by atoms with Gasteiger partial charge in [0, 0.05) is 26.7 Å². The summed E-state index contributed by atoms with van der Waals surface area (Å²) >= 11 is 6.64. The summed E-state index contributed by atoms with van der Waals surface area (Å²) in [6.07, 6.45) is 3.08. The molecule has 1 atom stereocenters. The molecule has 7 nitrogen and oxygen atoms in total. The fourth-order valence-electron chi connectivity index (χ4n) is 3.43. The average Bonchev–Trinajstić information content (AvgIpc) is 3.18. The molecule has 1 aromatic carbocycles. The van der Waals surface area contributed by atoms with Crippen LogP contribution in [0.2, 0.25) is 5.02 Å². The fourth-order valence-corrected chi connectivity index (χ4v) is 3.70. The molecule has 0 aliphatic carbocycles. The van der Waals surface area contributed by atoms with E-state index in [4.69, 9.17) is 16.3 Å². The summed E-state index contributed by atoms with van der Waals surface area (Å²) in [6.45, 7) is 7.78. The van der Waals surface area contributed by atoms with Crippen LogP contribution in [0.4, 0.5) is 16.3 Å². The maximum Gasteiger partial charge on any atom is 0.410 e. The first-order chi connectivity index (χ1) is 14.2. The molecule has 1 unspecified atom stereocenters. The van der Waals surface area contributed by atoms with Crippen molar-refractivity contribution < 1.29 is 9.53 Å². The molecule has 0 spiro atoms. The van der Waals surface area contributed by atoms with E-state index in [9.17, 15) is 4.79 Å². The van der Waals surface area contributed by atoms with Crippen LogP contribution in [0, 0.1) is 0 Å². The first-order valence-corrected chi connectivity index (χ1v) is 10.6. The van der Waals surface area contributed by atoms with Gasteiger partial charge in [-0.25, -0.2) is 4.79 Å². The minimum atomic E-state index is -0.512. The summed E-state index contributed by atoms with van der Waals surface area (Å²) in [4.78, 5) is 16.2. The number of aromatic nitrogens is 2. The zero-order chi connectivity index (χ0) is 21.7. The van der Waals surface area contributed by atoms with Crippen LogP contribution in [0.5, 0.6) is 0 Å². The fraction of sp³-hybridized carbons (Fsp3) is 0.500. The van der Waals surface area contributed by atoms with Crippen LogP contribution in [0.25, 0.3) is 0 Å². The number of nitrogens with one attached hydrogen (secondary N) is 1. The summed E-state index contributed by atoms with van der Waals surface area (Å²) < 4.78 is 5.49. The molecule has 30 heavy (non-hydrogen) atoms. The quantitative estimate of drug-likeness (QED) is 0.738. The van der Waals surface area contributed by atoms with Crippen molar-refractivity contribution in [3.05, 3.63) is 47.1 Å². The lowest BCUT2D eigenvalue weighted by Gasteiger charge is -2.29. The van der Waals surface area contributed by atoms with Gasteiger partial charge in [0.25, 0.3) is 0 Å². The largest absolute Gasteiger partial charge is 0.444 e. The van der Waals surface area contributed by atoms with Gasteiger partial charge >= 0.3 is 6.09 Å². The van der Waals surface area contributed by atoms with Gasteiger partial charge in [0.15, 0.2) is 5.82 Å². The van der Waals surface area contributed by atoms with E-state index in [-0.39, 0.29) is 12.1 Å². The minimum absolute atomic E-state index is 0.0542. The molecule has 2 heterocycles. The predicted molar refractivity (Wildman–Crippen MR) is 120 cm³/mol. The number of likely N-dealkylation sites (N-methyl/N-ethyl adjacent to an activating group) is 1. The SMILES string of the molecule is CN(C(=O)OC(C)(C)C)C1CCN(c2cnnc(NCCc3ccccc3)c2Cl)C1. The molecule has 2 aromatic rings. The number of benzene rings is 1. The normalized spacial score (nSPS) is 16.4. The Morgan fingerprint density at radius 1 is 1.33 bits per heavy atom. The lowest BCUT2D eigenvalue weighted by molar-refractivity contribution is 0.0238. The Morgan fingerprint density at radius 3 is 2.77 bits per heavy atom. The number of amides is 1. The van der Waals surface area contributed by atoms with E-state index in [1.807, 2.05) is 39.0 Å². The van der Waals surface area contributed by atoms with E-state index >= 15 is 0 Å². The molecule has 3 rings (SSSR count). The van der Waals surface area contributed by atoms with Crippen LogP contribution in [0.1, 0.15) is 32.8 Å². The first kappa shape index (κ1) is 22.2. The van der Waals surface area contributed by atoms with Crippen LogP contribution in [-0.2, 0) is 11.2 Å². The van der Waals surface area contributed by atoms with Gasteiger partial charge in [-0.15, -0.1) is 5.10 Å². The summed E-state index contributed by atoms with van der Waals surface area (Å²) in [6, 6.07) is 10.3. The van der Waals surface area contributed by atoms with Crippen LogP contribution in [0.3, 0.4) is 0 Å². The van der Waals surface area contributed by atoms with Crippen molar-refractivity contribution in [1.29, 1.82) is 0 Å². The van der Waals surface area contributed by atoms with Crippen LogP contribution in [-0.4, -0.2) is 59.5 Å². The second-order valence-corrected chi connectivity index (χ2v) is 8.91. The van der Waals surface area contributed by atoms with Crippen molar-refractivity contribution in [3.8, 4) is 0 Å². The molecule has 162 valence electrons. The molecule has 1 aliphatic rings. The highest BCUT2D eigenvalue weighted by molar-refractivity contribution is 6.35. The van der Waals surface area contributed by atoms with Gasteiger partial charge in [-0.2, -0.15) is 5.10 Å². The number of carbonyl (C=O) groups is 1. The molecule has 1 N–H and O–H groups in total. The number of hydrogen-bond acceptors (Lipinski definition) is 6. The summed E-state index contributed by atoms with van der Waals surface area (Å²) in [7, 11) is 1.78. The number of anilines is 2. The highest BCUT2D eigenvalue weighted by Crippen LogP contribution is 2.33. The minimum Gasteiger partial charge on any atom is -0.444 e. The Balaban J connectivity index is 1.60. The number of ether oxygens (including phenoxy) is 1. The zero-order valence-corrected chi connectivity index (χ0v) is 18.8. The molecule has 1 saturated heterocycles. The lowest BCUT2D eigenvalue weighted by Crippen LogP contribution is -2.42. The standard InChI is InChI=1S/C22H30ClN5O2/c1-22(2,3)30-21(29)27(4)17-11-13-28(15-17)18-14-25-26-20(19(18)23)24-12-10-16-8-6-5-7-9-16/h5-9,14,17H,10-13,15H2,1-4H3,(H,24,26).